The number of carboxylic acid groups (broad SMARTS) is 1. The molecule has 0 saturated carbocycles. The normalized spacial score (nSPS) is 18.9. The van der Waals surface area contributed by atoms with Crippen LogP contribution in [0.3, 0.4) is 0 Å². The number of hydrogen-bond acceptors (Lipinski definition) is 4. The van der Waals surface area contributed by atoms with Gasteiger partial charge in [0.15, 0.2) is 0 Å². The Bertz CT molecular complexity index is 1210. The molecule has 1 heterocycles. The fourth-order valence-electron chi connectivity index (χ4n) is 5.35. The Morgan fingerprint density at radius 3 is 2.21 bits per heavy atom. The van der Waals surface area contributed by atoms with E-state index in [0.717, 1.165) is 33.4 Å². The van der Waals surface area contributed by atoms with E-state index < -0.39 is 18.0 Å². The van der Waals surface area contributed by atoms with Gasteiger partial charge < -0.3 is 19.5 Å². The number of methoxy groups -OCH3 is 1. The predicted molar refractivity (Wildman–Crippen MR) is 128 cm³/mol. The van der Waals surface area contributed by atoms with Crippen molar-refractivity contribution >= 4 is 12.1 Å². The summed E-state index contributed by atoms with van der Waals surface area (Å²) in [6.07, 6.45) is -0.484. The van der Waals surface area contributed by atoms with Gasteiger partial charge in [-0.25, -0.2) is 4.79 Å². The van der Waals surface area contributed by atoms with Crippen LogP contribution in [-0.2, 0) is 9.53 Å². The molecule has 6 nitrogen and oxygen atoms in total. The van der Waals surface area contributed by atoms with Crippen molar-refractivity contribution in [1.82, 2.24) is 4.90 Å². The van der Waals surface area contributed by atoms with Crippen LogP contribution in [0, 0.1) is 12.8 Å². The Hall–Kier alpha value is -3.80. The molecule has 2 aliphatic rings. The number of carboxylic acids is 1. The molecule has 6 heteroatoms. The SMILES string of the molecule is COc1ccc(C)cc1[C@@H]1CN(C(=O)OCC2c3ccccc3-c3ccccc32)C[C@H]1C(=O)O. The predicted octanol–water partition coefficient (Wildman–Crippen LogP) is 5.05. The topological polar surface area (TPSA) is 76.1 Å². The van der Waals surface area contributed by atoms with Crippen LogP contribution in [-0.4, -0.2) is 48.9 Å². The summed E-state index contributed by atoms with van der Waals surface area (Å²) in [5.41, 5.74) is 6.44. The molecule has 2 atom stereocenters. The molecule has 34 heavy (non-hydrogen) atoms. The second-order valence-corrected chi connectivity index (χ2v) is 9.01. The highest BCUT2D eigenvalue weighted by Crippen LogP contribution is 2.45. The van der Waals surface area contributed by atoms with Crippen LogP contribution < -0.4 is 4.74 Å². The molecule has 1 fully saturated rings. The molecule has 174 valence electrons. The van der Waals surface area contributed by atoms with Crippen LogP contribution in [0.4, 0.5) is 4.79 Å². The van der Waals surface area contributed by atoms with Crippen LogP contribution in [0.5, 0.6) is 5.75 Å². The second-order valence-electron chi connectivity index (χ2n) is 9.01. The second kappa shape index (κ2) is 8.86. The van der Waals surface area contributed by atoms with Gasteiger partial charge in [-0.05, 0) is 35.2 Å². The zero-order valence-corrected chi connectivity index (χ0v) is 19.2. The fraction of sp³-hybridized carbons (Fsp3) is 0.286. The van der Waals surface area contributed by atoms with E-state index in [9.17, 15) is 14.7 Å². The first-order valence-corrected chi connectivity index (χ1v) is 11.4. The zero-order chi connectivity index (χ0) is 23.8. The molecule has 1 N–H and O–H groups in total. The molecule has 0 radical (unpaired) electrons. The van der Waals surface area contributed by atoms with Crippen molar-refractivity contribution in [2.24, 2.45) is 5.92 Å². The van der Waals surface area contributed by atoms with Crippen LogP contribution in [0.15, 0.2) is 66.7 Å². The van der Waals surface area contributed by atoms with Gasteiger partial charge in [0, 0.05) is 30.5 Å². The lowest BCUT2D eigenvalue weighted by molar-refractivity contribution is -0.141. The number of aliphatic carboxylic acids is 1. The summed E-state index contributed by atoms with van der Waals surface area (Å²) in [5, 5.41) is 9.88. The van der Waals surface area contributed by atoms with E-state index in [0.29, 0.717) is 5.75 Å². The molecular weight excluding hydrogens is 430 g/mol. The summed E-state index contributed by atoms with van der Waals surface area (Å²) in [6.45, 7) is 2.54. The van der Waals surface area contributed by atoms with E-state index in [1.807, 2.05) is 49.4 Å². The quantitative estimate of drug-likeness (QED) is 0.580. The number of likely N-dealkylation sites (tertiary alicyclic amines) is 1. The lowest BCUT2D eigenvalue weighted by Gasteiger charge is -2.20. The number of rotatable bonds is 5. The summed E-state index contributed by atoms with van der Waals surface area (Å²) in [6, 6.07) is 22.1. The van der Waals surface area contributed by atoms with Gasteiger partial charge in [-0.1, -0.05) is 66.2 Å². The minimum atomic E-state index is -0.928. The monoisotopic (exact) mass is 457 g/mol. The van der Waals surface area contributed by atoms with E-state index in [1.165, 1.54) is 4.90 Å². The van der Waals surface area contributed by atoms with Crippen molar-refractivity contribution in [3.63, 3.8) is 0 Å². The maximum absolute atomic E-state index is 13.1. The van der Waals surface area contributed by atoms with Crippen LogP contribution in [0.25, 0.3) is 11.1 Å². The molecule has 1 aliphatic heterocycles. The number of hydrogen-bond donors (Lipinski definition) is 1. The number of fused-ring (bicyclic) bond motifs is 3. The maximum Gasteiger partial charge on any atom is 0.409 e. The Balaban J connectivity index is 1.34. The van der Waals surface area contributed by atoms with Gasteiger partial charge >= 0.3 is 12.1 Å². The van der Waals surface area contributed by atoms with Gasteiger partial charge in [0.25, 0.3) is 0 Å². The van der Waals surface area contributed by atoms with Gasteiger partial charge in [0.2, 0.25) is 0 Å². The van der Waals surface area contributed by atoms with Crippen LogP contribution >= 0.6 is 0 Å². The number of nitrogens with zero attached hydrogens (tertiary/aromatic N) is 1. The van der Waals surface area contributed by atoms with Crippen molar-refractivity contribution in [2.75, 3.05) is 26.8 Å². The number of carbonyl (C=O) groups is 2. The number of ether oxygens (including phenoxy) is 2. The fourth-order valence-corrected chi connectivity index (χ4v) is 5.35. The third kappa shape index (κ3) is 3.79. The van der Waals surface area contributed by atoms with Gasteiger partial charge in [-0.3, -0.25) is 4.79 Å². The molecule has 3 aromatic rings. The number of carbonyl (C=O) groups excluding carboxylic acids is 1. The van der Waals surface area contributed by atoms with Crippen molar-refractivity contribution in [3.05, 3.63) is 89.0 Å². The van der Waals surface area contributed by atoms with Crippen molar-refractivity contribution in [3.8, 4) is 16.9 Å². The first-order chi connectivity index (χ1) is 16.5. The molecule has 3 aromatic carbocycles. The Labute approximate surface area is 198 Å². The van der Waals surface area contributed by atoms with E-state index in [-0.39, 0.29) is 31.5 Å². The lowest BCUT2D eigenvalue weighted by Crippen LogP contribution is -2.31. The number of benzene rings is 3. The highest BCUT2D eigenvalue weighted by atomic mass is 16.6. The smallest absolute Gasteiger partial charge is 0.409 e. The van der Waals surface area contributed by atoms with Gasteiger partial charge in [0.05, 0.1) is 13.0 Å². The molecule has 5 rings (SSSR count). The average Bonchev–Trinajstić information content (AvgIpc) is 3.43. The van der Waals surface area contributed by atoms with Gasteiger partial charge in [0.1, 0.15) is 12.4 Å². The van der Waals surface area contributed by atoms with E-state index in [1.54, 1.807) is 7.11 Å². The minimum Gasteiger partial charge on any atom is -0.496 e. The van der Waals surface area contributed by atoms with Crippen LogP contribution in [0.1, 0.15) is 34.1 Å². The molecule has 1 saturated heterocycles. The maximum atomic E-state index is 13.1. The number of amides is 1. The summed E-state index contributed by atoms with van der Waals surface area (Å²) in [7, 11) is 1.57. The Kier molecular flexibility index (Phi) is 5.74. The third-order valence-electron chi connectivity index (χ3n) is 7.02. The van der Waals surface area contributed by atoms with E-state index in [2.05, 4.69) is 24.3 Å². The molecule has 0 bridgehead atoms. The minimum absolute atomic E-state index is 0.0399. The van der Waals surface area contributed by atoms with Gasteiger partial charge in [-0.2, -0.15) is 0 Å². The first kappa shape index (κ1) is 22.0. The van der Waals surface area contributed by atoms with Crippen molar-refractivity contribution in [2.45, 2.75) is 18.8 Å². The highest BCUT2D eigenvalue weighted by molar-refractivity contribution is 5.79. The molecular formula is C28H27NO5. The summed E-state index contributed by atoms with van der Waals surface area (Å²) < 4.78 is 11.3. The van der Waals surface area contributed by atoms with Crippen molar-refractivity contribution < 1.29 is 24.2 Å². The first-order valence-electron chi connectivity index (χ1n) is 11.4. The zero-order valence-electron chi connectivity index (χ0n) is 19.2. The Morgan fingerprint density at radius 1 is 0.941 bits per heavy atom. The molecule has 0 aromatic heterocycles. The lowest BCUT2D eigenvalue weighted by atomic mass is 9.87. The molecule has 1 aliphatic carbocycles. The third-order valence-corrected chi connectivity index (χ3v) is 7.02. The average molecular weight is 458 g/mol. The Morgan fingerprint density at radius 2 is 1.59 bits per heavy atom. The number of aryl methyl sites for hydroxylation is 1. The summed E-state index contributed by atoms with van der Waals surface area (Å²) in [5.74, 6) is -1.43. The standard InChI is InChI=1S/C28H27NO5/c1-17-11-12-26(33-2)22(13-17)23-14-29(15-24(23)27(30)31)28(32)34-16-25-20-9-5-3-7-18(20)19-8-4-6-10-21(19)25/h3-13,23-25H,14-16H2,1-2H3,(H,30,31)/t23-,24+/m0/s1. The summed E-state index contributed by atoms with van der Waals surface area (Å²) >= 11 is 0. The van der Waals surface area contributed by atoms with Crippen LogP contribution in [0.2, 0.25) is 0 Å². The van der Waals surface area contributed by atoms with E-state index >= 15 is 0 Å². The largest absolute Gasteiger partial charge is 0.496 e. The van der Waals surface area contributed by atoms with E-state index in [4.69, 9.17) is 9.47 Å². The summed E-state index contributed by atoms with van der Waals surface area (Å²) in [4.78, 5) is 26.6. The molecule has 0 spiro atoms. The van der Waals surface area contributed by atoms with Crippen molar-refractivity contribution in [1.29, 1.82) is 0 Å². The molecule has 0 unspecified atom stereocenters. The molecule has 1 amide bonds. The van der Waals surface area contributed by atoms with Gasteiger partial charge in [-0.15, -0.1) is 0 Å². The highest BCUT2D eigenvalue weighted by Gasteiger charge is 2.42.